The largest absolute Gasteiger partial charge is 0.301 e. The highest BCUT2D eigenvalue weighted by molar-refractivity contribution is 7.98. The maximum Gasteiger partial charge on any atom is 0.260 e. The number of aromatic nitrogens is 2. The summed E-state index contributed by atoms with van der Waals surface area (Å²) in [5.41, 5.74) is 2.07. The van der Waals surface area contributed by atoms with Crippen LogP contribution in [0.25, 0.3) is 10.2 Å². The average molecular weight is 377 g/mol. The molecule has 0 saturated heterocycles. The molecule has 0 unspecified atom stereocenters. The van der Waals surface area contributed by atoms with Crippen molar-refractivity contribution in [3.05, 3.63) is 56.4 Å². The molecule has 3 rings (SSSR count). The number of aryl methyl sites for hydroxylation is 1. The number of thioether (sulfide) groups is 1. The molecule has 0 spiro atoms. The zero-order chi connectivity index (χ0) is 18.0. The normalized spacial score (nSPS) is 12.6. The van der Waals surface area contributed by atoms with Gasteiger partial charge in [0.15, 0.2) is 5.16 Å². The molecule has 0 bridgehead atoms. The first-order chi connectivity index (χ1) is 12.0. The molecule has 2 aromatic heterocycles. The Kier molecular flexibility index (Phi) is 5.59. The van der Waals surface area contributed by atoms with Gasteiger partial charge in [-0.25, -0.2) is 9.37 Å². The Morgan fingerprint density at radius 1 is 1.32 bits per heavy atom. The van der Waals surface area contributed by atoms with Gasteiger partial charge >= 0.3 is 0 Å². The quantitative estimate of drug-likeness (QED) is 0.468. The number of fused-ring (bicyclic) bond motifs is 1. The number of hydrogen-bond donors (Lipinski definition) is 1. The molecule has 6 heteroatoms. The Hall–Kier alpha value is -1.66. The molecule has 0 fully saturated rings. The maximum atomic E-state index is 13.0. The van der Waals surface area contributed by atoms with E-state index in [4.69, 9.17) is 0 Å². The summed E-state index contributed by atoms with van der Waals surface area (Å²) < 4.78 is 13.0. The third-order valence-electron chi connectivity index (χ3n) is 4.38. The van der Waals surface area contributed by atoms with Crippen molar-refractivity contribution in [2.75, 3.05) is 0 Å². The van der Waals surface area contributed by atoms with Crippen LogP contribution in [0.5, 0.6) is 0 Å². The molecule has 132 valence electrons. The minimum Gasteiger partial charge on any atom is -0.301 e. The first-order valence-electron chi connectivity index (χ1n) is 8.37. The lowest BCUT2D eigenvalue weighted by Gasteiger charge is -2.08. The Balaban J connectivity index is 1.86. The third-order valence-corrected chi connectivity index (χ3v) is 6.37. The number of aromatic amines is 1. The minimum atomic E-state index is -0.246. The third kappa shape index (κ3) is 4.12. The van der Waals surface area contributed by atoms with Crippen LogP contribution >= 0.6 is 23.1 Å². The van der Waals surface area contributed by atoms with E-state index in [0.717, 1.165) is 34.2 Å². The molecule has 3 aromatic rings. The second-order valence-corrected chi connectivity index (χ2v) is 8.49. The summed E-state index contributed by atoms with van der Waals surface area (Å²) in [6.07, 6.45) is 2.00. The fraction of sp³-hybridized carbons (Fsp3) is 0.368. The number of rotatable bonds is 6. The Morgan fingerprint density at radius 3 is 2.72 bits per heavy atom. The summed E-state index contributed by atoms with van der Waals surface area (Å²) in [4.78, 5) is 22.1. The van der Waals surface area contributed by atoms with Crippen LogP contribution in [-0.2, 0) is 12.2 Å². The van der Waals surface area contributed by atoms with Gasteiger partial charge in [-0.05, 0) is 42.5 Å². The van der Waals surface area contributed by atoms with Crippen molar-refractivity contribution in [3.8, 4) is 0 Å². The second kappa shape index (κ2) is 7.70. The average Bonchev–Trinajstić information content (AvgIpc) is 2.90. The zero-order valence-electron chi connectivity index (χ0n) is 14.6. The molecule has 0 radical (unpaired) electrons. The number of nitrogens with one attached hydrogen (secondary N) is 1. The van der Waals surface area contributed by atoms with E-state index in [0.29, 0.717) is 16.8 Å². The van der Waals surface area contributed by atoms with Crippen LogP contribution in [0.2, 0.25) is 0 Å². The van der Waals surface area contributed by atoms with E-state index in [-0.39, 0.29) is 11.4 Å². The van der Waals surface area contributed by atoms with Crippen LogP contribution in [0.4, 0.5) is 4.39 Å². The highest BCUT2D eigenvalue weighted by atomic mass is 32.2. The first kappa shape index (κ1) is 18.1. The molecule has 0 aliphatic rings. The monoisotopic (exact) mass is 376 g/mol. The summed E-state index contributed by atoms with van der Waals surface area (Å²) >= 11 is 3.05. The van der Waals surface area contributed by atoms with Crippen molar-refractivity contribution in [3.63, 3.8) is 0 Å². The van der Waals surface area contributed by atoms with Gasteiger partial charge in [0.25, 0.3) is 5.56 Å². The molecular weight excluding hydrogens is 355 g/mol. The van der Waals surface area contributed by atoms with Gasteiger partial charge in [0.2, 0.25) is 0 Å². The maximum absolute atomic E-state index is 13.0. The highest BCUT2D eigenvalue weighted by Gasteiger charge is 2.16. The number of thiophene rings is 1. The standard InChI is InChI=1S/C19H21FN2OS2/c1-4-11(2)9-15-12(3)25-18-16(15)17(23)21-19(22-18)24-10-13-5-7-14(20)8-6-13/h5-8,11H,4,9-10H2,1-3H3,(H,21,22,23)/t11-/m1/s1. The Morgan fingerprint density at radius 2 is 2.04 bits per heavy atom. The second-order valence-electron chi connectivity index (χ2n) is 6.32. The van der Waals surface area contributed by atoms with Gasteiger partial charge in [-0.3, -0.25) is 4.79 Å². The van der Waals surface area contributed by atoms with E-state index in [9.17, 15) is 9.18 Å². The lowest BCUT2D eigenvalue weighted by molar-refractivity contribution is 0.561. The number of halogens is 1. The zero-order valence-corrected chi connectivity index (χ0v) is 16.2. The van der Waals surface area contributed by atoms with E-state index in [1.54, 1.807) is 23.5 Å². The van der Waals surface area contributed by atoms with Crippen molar-refractivity contribution in [2.45, 2.75) is 44.5 Å². The Bertz CT molecular complexity index is 931. The smallest absolute Gasteiger partial charge is 0.260 e. The van der Waals surface area contributed by atoms with Crippen LogP contribution in [-0.4, -0.2) is 9.97 Å². The molecule has 2 heterocycles. The molecule has 25 heavy (non-hydrogen) atoms. The summed E-state index contributed by atoms with van der Waals surface area (Å²) in [6.45, 7) is 6.44. The summed E-state index contributed by atoms with van der Waals surface area (Å²) in [7, 11) is 0. The predicted octanol–water partition coefficient (Wildman–Crippen LogP) is 5.31. The SMILES string of the molecule is CC[C@@H](C)Cc1c(C)sc2nc(SCc3ccc(F)cc3)[nH]c(=O)c12. The molecule has 1 N–H and O–H groups in total. The summed E-state index contributed by atoms with van der Waals surface area (Å²) in [6, 6.07) is 6.38. The van der Waals surface area contributed by atoms with Crippen molar-refractivity contribution >= 4 is 33.3 Å². The molecular formula is C19H21FN2OS2. The van der Waals surface area contributed by atoms with Crippen LogP contribution in [0.3, 0.4) is 0 Å². The van der Waals surface area contributed by atoms with E-state index in [1.807, 2.05) is 0 Å². The molecule has 0 amide bonds. The van der Waals surface area contributed by atoms with Crippen molar-refractivity contribution < 1.29 is 4.39 Å². The van der Waals surface area contributed by atoms with E-state index < -0.39 is 0 Å². The summed E-state index contributed by atoms with van der Waals surface area (Å²) in [5.74, 6) is 0.937. The molecule has 0 aliphatic heterocycles. The minimum absolute atomic E-state index is 0.0609. The number of hydrogen-bond acceptors (Lipinski definition) is 4. The lowest BCUT2D eigenvalue weighted by atomic mass is 9.98. The van der Waals surface area contributed by atoms with Crippen LogP contribution in [0, 0.1) is 18.7 Å². The van der Waals surface area contributed by atoms with Crippen molar-refractivity contribution in [1.82, 2.24) is 9.97 Å². The van der Waals surface area contributed by atoms with Crippen LogP contribution < -0.4 is 5.56 Å². The van der Waals surface area contributed by atoms with Crippen LogP contribution in [0.15, 0.2) is 34.2 Å². The van der Waals surface area contributed by atoms with Gasteiger partial charge in [0, 0.05) is 10.6 Å². The molecule has 0 saturated carbocycles. The molecule has 3 nitrogen and oxygen atoms in total. The molecule has 1 aromatic carbocycles. The van der Waals surface area contributed by atoms with E-state index in [2.05, 4.69) is 30.7 Å². The number of benzene rings is 1. The highest BCUT2D eigenvalue weighted by Crippen LogP contribution is 2.31. The van der Waals surface area contributed by atoms with Gasteiger partial charge in [-0.1, -0.05) is 44.2 Å². The van der Waals surface area contributed by atoms with E-state index >= 15 is 0 Å². The predicted molar refractivity (Wildman–Crippen MR) is 104 cm³/mol. The van der Waals surface area contributed by atoms with Gasteiger partial charge < -0.3 is 4.98 Å². The topological polar surface area (TPSA) is 45.8 Å². The number of nitrogens with zero attached hydrogens (tertiary/aromatic N) is 1. The molecule has 1 atom stereocenters. The van der Waals surface area contributed by atoms with Crippen molar-refractivity contribution in [2.24, 2.45) is 5.92 Å². The van der Waals surface area contributed by atoms with Gasteiger partial charge in [0.05, 0.1) is 5.39 Å². The number of H-pyrrole nitrogens is 1. The first-order valence-corrected chi connectivity index (χ1v) is 10.2. The van der Waals surface area contributed by atoms with Crippen molar-refractivity contribution in [1.29, 1.82) is 0 Å². The van der Waals surface area contributed by atoms with E-state index in [1.165, 1.54) is 28.8 Å². The lowest BCUT2D eigenvalue weighted by Crippen LogP contribution is -2.11. The molecule has 0 aliphatic carbocycles. The Labute approximate surface area is 154 Å². The fourth-order valence-electron chi connectivity index (χ4n) is 2.69. The van der Waals surface area contributed by atoms with Crippen LogP contribution in [0.1, 0.15) is 36.3 Å². The van der Waals surface area contributed by atoms with Gasteiger partial charge in [0.1, 0.15) is 10.6 Å². The summed E-state index contributed by atoms with van der Waals surface area (Å²) in [5, 5.41) is 1.35. The fourth-order valence-corrected chi connectivity index (χ4v) is 4.62. The van der Waals surface area contributed by atoms with Gasteiger partial charge in [-0.15, -0.1) is 11.3 Å². The van der Waals surface area contributed by atoms with Gasteiger partial charge in [-0.2, -0.15) is 0 Å².